The predicted molar refractivity (Wildman–Crippen MR) is 97.9 cm³/mol. The molecule has 3 unspecified atom stereocenters. The van der Waals surface area contributed by atoms with E-state index in [-0.39, 0.29) is 5.25 Å². The second-order valence-corrected chi connectivity index (χ2v) is 7.58. The Balaban J connectivity index is 1.84. The number of unbranched alkanes of at least 4 members (excludes halogenated alkanes) is 1. The van der Waals surface area contributed by atoms with Crippen molar-refractivity contribution >= 4 is 11.8 Å². The zero-order valence-corrected chi connectivity index (χ0v) is 14.5. The molecule has 0 saturated carbocycles. The van der Waals surface area contributed by atoms with E-state index in [0.717, 1.165) is 23.4 Å². The summed E-state index contributed by atoms with van der Waals surface area (Å²) >= 11 is 1.91. The minimum absolute atomic E-state index is 0.178. The summed E-state index contributed by atoms with van der Waals surface area (Å²) in [6.07, 6.45) is 5.93. The highest BCUT2D eigenvalue weighted by atomic mass is 32.2. The summed E-state index contributed by atoms with van der Waals surface area (Å²) in [6.45, 7) is 2.24. The first-order valence-corrected chi connectivity index (χ1v) is 9.63. The zero-order valence-electron chi connectivity index (χ0n) is 13.7. The van der Waals surface area contributed by atoms with E-state index in [1.54, 1.807) is 0 Å². The van der Waals surface area contributed by atoms with Crippen LogP contribution in [0.1, 0.15) is 55.0 Å². The molecule has 0 fully saturated rings. The lowest BCUT2D eigenvalue weighted by Gasteiger charge is -2.21. The number of rotatable bonds is 5. The molecule has 3 heteroatoms. The number of fused-ring (bicyclic) bond motifs is 1. The van der Waals surface area contributed by atoms with E-state index >= 15 is 0 Å². The van der Waals surface area contributed by atoms with Crippen LogP contribution in [0.5, 0.6) is 0 Å². The number of pyridine rings is 1. The van der Waals surface area contributed by atoms with E-state index in [2.05, 4.69) is 36.2 Å². The van der Waals surface area contributed by atoms with Gasteiger partial charge in [0.2, 0.25) is 0 Å². The van der Waals surface area contributed by atoms with Gasteiger partial charge in [-0.1, -0.05) is 50.1 Å². The zero-order chi connectivity index (χ0) is 16.1. The second-order valence-electron chi connectivity index (χ2n) is 6.31. The first-order valence-electron chi connectivity index (χ1n) is 8.58. The van der Waals surface area contributed by atoms with Crippen LogP contribution in [0.2, 0.25) is 0 Å². The van der Waals surface area contributed by atoms with Gasteiger partial charge in [0.25, 0.3) is 0 Å². The van der Waals surface area contributed by atoms with Crippen LogP contribution in [-0.4, -0.2) is 21.1 Å². The van der Waals surface area contributed by atoms with E-state index in [4.69, 9.17) is 0 Å². The van der Waals surface area contributed by atoms with Gasteiger partial charge in [0.15, 0.2) is 0 Å². The molecule has 1 aromatic heterocycles. The summed E-state index contributed by atoms with van der Waals surface area (Å²) in [5.74, 6) is 1.64. The highest BCUT2D eigenvalue weighted by molar-refractivity contribution is 8.00. The number of benzene rings is 1. The maximum absolute atomic E-state index is 11.0. The molecule has 2 heterocycles. The van der Waals surface area contributed by atoms with Gasteiger partial charge >= 0.3 is 0 Å². The van der Waals surface area contributed by atoms with Crippen LogP contribution in [-0.2, 0) is 6.42 Å². The first kappa shape index (κ1) is 16.5. The summed E-state index contributed by atoms with van der Waals surface area (Å²) in [6, 6.07) is 14.5. The number of nitrogens with zero attached hydrogens (tertiary/aromatic N) is 1. The molecule has 0 radical (unpaired) electrons. The fourth-order valence-electron chi connectivity index (χ4n) is 3.36. The third-order valence-corrected chi connectivity index (χ3v) is 6.11. The number of hydrogen-bond donors (Lipinski definition) is 1. The molecule has 3 rings (SSSR count). The van der Waals surface area contributed by atoms with Gasteiger partial charge in [-0.05, 0) is 35.6 Å². The van der Waals surface area contributed by atoms with Crippen LogP contribution in [0.3, 0.4) is 0 Å². The molecule has 0 spiro atoms. The molecule has 3 atom stereocenters. The van der Waals surface area contributed by atoms with Gasteiger partial charge in [0.05, 0.1) is 6.10 Å². The third-order valence-electron chi connectivity index (χ3n) is 4.66. The van der Waals surface area contributed by atoms with Crippen LogP contribution in [0, 0.1) is 0 Å². The van der Waals surface area contributed by atoms with Gasteiger partial charge in [-0.25, -0.2) is 0 Å². The van der Waals surface area contributed by atoms with Gasteiger partial charge in [0, 0.05) is 29.3 Å². The smallest absolute Gasteiger partial charge is 0.0915 e. The van der Waals surface area contributed by atoms with Crippen LogP contribution >= 0.6 is 11.8 Å². The van der Waals surface area contributed by atoms with Crippen LogP contribution in [0.15, 0.2) is 48.7 Å². The van der Waals surface area contributed by atoms with Gasteiger partial charge < -0.3 is 5.11 Å². The van der Waals surface area contributed by atoms with Crippen molar-refractivity contribution in [1.29, 1.82) is 0 Å². The molecule has 1 aliphatic rings. The lowest BCUT2D eigenvalue weighted by Crippen LogP contribution is -2.18. The Labute approximate surface area is 143 Å². The minimum Gasteiger partial charge on any atom is -0.387 e. The first-order chi connectivity index (χ1) is 11.3. The highest BCUT2D eigenvalue weighted by Crippen LogP contribution is 2.41. The van der Waals surface area contributed by atoms with Crippen LogP contribution in [0.25, 0.3) is 0 Å². The lowest BCUT2D eigenvalue weighted by molar-refractivity contribution is 0.173. The Morgan fingerprint density at radius 3 is 2.65 bits per heavy atom. The van der Waals surface area contributed by atoms with Gasteiger partial charge in [0.1, 0.15) is 0 Å². The Morgan fingerprint density at radius 2 is 1.91 bits per heavy atom. The Morgan fingerprint density at radius 1 is 1.13 bits per heavy atom. The van der Waals surface area contributed by atoms with Crippen molar-refractivity contribution in [1.82, 2.24) is 4.98 Å². The van der Waals surface area contributed by atoms with Gasteiger partial charge in [-0.2, -0.15) is 11.8 Å². The summed E-state index contributed by atoms with van der Waals surface area (Å²) in [7, 11) is 0. The summed E-state index contributed by atoms with van der Waals surface area (Å²) < 4.78 is 0. The van der Waals surface area contributed by atoms with E-state index < -0.39 is 6.10 Å². The van der Waals surface area contributed by atoms with Crippen molar-refractivity contribution in [2.75, 3.05) is 5.75 Å². The van der Waals surface area contributed by atoms with Gasteiger partial charge in [-0.15, -0.1) is 0 Å². The molecule has 1 N–H and O–H groups in total. The van der Waals surface area contributed by atoms with Crippen molar-refractivity contribution in [2.45, 2.75) is 49.9 Å². The van der Waals surface area contributed by atoms with Crippen molar-refractivity contribution < 1.29 is 5.11 Å². The molecule has 1 aliphatic heterocycles. The molecule has 0 aliphatic carbocycles. The third kappa shape index (κ3) is 3.96. The minimum atomic E-state index is -0.412. The number of aliphatic hydroxyl groups is 1. The Bertz CT molecular complexity index is 616. The highest BCUT2D eigenvalue weighted by Gasteiger charge is 2.30. The Kier molecular flexibility index (Phi) is 5.74. The summed E-state index contributed by atoms with van der Waals surface area (Å²) in [5.41, 5.74) is 3.54. The molecular weight excluding hydrogens is 302 g/mol. The number of hydrogen-bond acceptors (Lipinski definition) is 3. The molecule has 23 heavy (non-hydrogen) atoms. The lowest BCUT2D eigenvalue weighted by atomic mass is 9.88. The molecule has 0 saturated heterocycles. The fraction of sp³-hybridized carbons (Fsp3) is 0.450. The van der Waals surface area contributed by atoms with Crippen molar-refractivity contribution in [3.63, 3.8) is 0 Å². The molecular formula is C20H25NOS. The average molecular weight is 327 g/mol. The van der Waals surface area contributed by atoms with Crippen molar-refractivity contribution in [2.24, 2.45) is 0 Å². The van der Waals surface area contributed by atoms with Crippen molar-refractivity contribution in [3.05, 3.63) is 65.5 Å². The standard InChI is InChI=1S/C20H25NOS/c1-2-3-8-15-14-23-19(13-16-9-6-7-12-21-16)20(22)18-11-5-4-10-17(15)18/h4-7,9-12,15,19-20,22H,2-3,8,13-14H2,1H3. The van der Waals surface area contributed by atoms with E-state index in [1.807, 2.05) is 36.2 Å². The van der Waals surface area contributed by atoms with Crippen LogP contribution < -0.4 is 0 Å². The van der Waals surface area contributed by atoms with Crippen molar-refractivity contribution in [3.8, 4) is 0 Å². The van der Waals surface area contributed by atoms with E-state index in [0.29, 0.717) is 5.92 Å². The molecule has 0 amide bonds. The topological polar surface area (TPSA) is 33.1 Å². The average Bonchev–Trinajstić information content (AvgIpc) is 2.73. The maximum atomic E-state index is 11.0. The normalized spacial score (nSPS) is 24.0. The quantitative estimate of drug-likeness (QED) is 0.860. The fourth-order valence-corrected chi connectivity index (χ4v) is 4.80. The Hall–Kier alpha value is -1.32. The SMILES string of the molecule is CCCCC1CSC(Cc2ccccn2)C(O)c2ccccc21. The van der Waals surface area contributed by atoms with E-state index in [9.17, 15) is 5.11 Å². The number of thioether (sulfide) groups is 1. The van der Waals surface area contributed by atoms with E-state index in [1.165, 1.54) is 24.8 Å². The maximum Gasteiger partial charge on any atom is 0.0915 e. The summed E-state index contributed by atoms with van der Waals surface area (Å²) in [5, 5.41) is 11.1. The molecule has 122 valence electrons. The molecule has 1 aromatic carbocycles. The van der Waals surface area contributed by atoms with Crippen LogP contribution in [0.4, 0.5) is 0 Å². The summed E-state index contributed by atoms with van der Waals surface area (Å²) in [4.78, 5) is 4.44. The molecule has 0 bridgehead atoms. The number of aromatic nitrogens is 1. The second kappa shape index (κ2) is 7.98. The molecule has 2 aromatic rings. The molecule has 2 nitrogen and oxygen atoms in total. The van der Waals surface area contributed by atoms with Gasteiger partial charge in [-0.3, -0.25) is 4.98 Å². The monoisotopic (exact) mass is 327 g/mol. The number of aliphatic hydroxyl groups excluding tert-OH is 1. The predicted octanol–water partition coefficient (Wildman–Crippen LogP) is 4.75. The largest absolute Gasteiger partial charge is 0.387 e.